The van der Waals surface area contributed by atoms with E-state index in [9.17, 15) is 10.1 Å². The third kappa shape index (κ3) is 2.77. The van der Waals surface area contributed by atoms with Crippen molar-refractivity contribution in [1.29, 1.82) is 0 Å². The Balaban J connectivity index is 2.04. The minimum absolute atomic E-state index is 0.0219. The number of pyridine rings is 1. The first-order chi connectivity index (χ1) is 8.15. The fraction of sp³-hybridized carbons (Fsp3) is 0.200. The molecule has 2 aromatic heterocycles. The molecule has 0 saturated carbocycles. The maximum absolute atomic E-state index is 10.6. The molecule has 0 aromatic carbocycles. The molecule has 0 aliphatic rings. The Morgan fingerprint density at radius 1 is 1.59 bits per heavy atom. The van der Waals surface area contributed by atoms with Crippen LogP contribution in [0.25, 0.3) is 0 Å². The Hall–Kier alpha value is -2.44. The normalized spacial score (nSPS) is 10.2. The van der Waals surface area contributed by atoms with Gasteiger partial charge in [-0.25, -0.2) is 4.98 Å². The molecule has 0 radical (unpaired) electrons. The van der Waals surface area contributed by atoms with Crippen LogP contribution in [0.15, 0.2) is 30.7 Å². The quantitative estimate of drug-likeness (QED) is 0.636. The first-order valence-corrected chi connectivity index (χ1v) is 4.97. The number of nitrogens with one attached hydrogen (secondary N) is 1. The molecule has 7 nitrogen and oxygen atoms in total. The van der Waals surface area contributed by atoms with Crippen LogP contribution in [-0.4, -0.2) is 19.7 Å². The van der Waals surface area contributed by atoms with Gasteiger partial charge in [0.15, 0.2) is 0 Å². The number of hydrogen-bond donors (Lipinski definition) is 1. The molecule has 2 aromatic rings. The number of anilines is 1. The Morgan fingerprint density at radius 3 is 3.06 bits per heavy atom. The number of nitro groups is 1. The first-order valence-electron chi connectivity index (χ1n) is 4.97. The highest BCUT2D eigenvalue weighted by Crippen LogP contribution is 2.14. The van der Waals surface area contributed by atoms with Crippen LogP contribution in [0.1, 0.15) is 5.56 Å². The van der Waals surface area contributed by atoms with E-state index >= 15 is 0 Å². The van der Waals surface area contributed by atoms with Crippen molar-refractivity contribution in [3.05, 3.63) is 46.4 Å². The van der Waals surface area contributed by atoms with Gasteiger partial charge in [-0.15, -0.1) is 0 Å². The fourth-order valence-corrected chi connectivity index (χ4v) is 1.39. The number of rotatable bonds is 4. The summed E-state index contributed by atoms with van der Waals surface area (Å²) in [4.78, 5) is 14.1. The van der Waals surface area contributed by atoms with Crippen molar-refractivity contribution in [3.8, 4) is 0 Å². The van der Waals surface area contributed by atoms with Crippen molar-refractivity contribution in [2.45, 2.75) is 6.54 Å². The smallest absolute Gasteiger partial charge is 0.274 e. The Morgan fingerprint density at radius 2 is 2.41 bits per heavy atom. The minimum Gasteiger partial charge on any atom is -0.366 e. The summed E-state index contributed by atoms with van der Waals surface area (Å²) < 4.78 is 1.69. The molecule has 0 unspecified atom stereocenters. The number of hydrogen-bond acceptors (Lipinski definition) is 5. The van der Waals surface area contributed by atoms with Crippen LogP contribution in [0, 0.1) is 10.1 Å². The van der Waals surface area contributed by atoms with Crippen LogP contribution >= 0.6 is 0 Å². The second-order valence-electron chi connectivity index (χ2n) is 3.53. The summed E-state index contributed by atoms with van der Waals surface area (Å²) in [6.07, 6.45) is 5.00. The third-order valence-corrected chi connectivity index (χ3v) is 2.19. The predicted molar refractivity (Wildman–Crippen MR) is 61.4 cm³/mol. The molecule has 0 atom stereocenters. The zero-order valence-corrected chi connectivity index (χ0v) is 9.20. The molecular formula is C10H11N5O2. The summed E-state index contributed by atoms with van der Waals surface area (Å²) in [6, 6.07) is 2.76. The average molecular weight is 233 g/mol. The molecule has 0 amide bonds. The topological polar surface area (TPSA) is 85.9 Å². The van der Waals surface area contributed by atoms with Crippen LogP contribution in [-0.2, 0) is 13.6 Å². The Kier molecular flexibility index (Phi) is 2.99. The highest BCUT2D eigenvalue weighted by molar-refractivity contribution is 5.44. The zero-order chi connectivity index (χ0) is 12.3. The summed E-state index contributed by atoms with van der Waals surface area (Å²) in [5.41, 5.74) is 1.01. The van der Waals surface area contributed by atoms with Crippen molar-refractivity contribution in [1.82, 2.24) is 14.8 Å². The first kappa shape index (κ1) is 11.1. The van der Waals surface area contributed by atoms with Crippen molar-refractivity contribution in [2.75, 3.05) is 5.32 Å². The highest BCUT2D eigenvalue weighted by atomic mass is 16.6. The molecule has 0 aliphatic carbocycles. The SMILES string of the molecule is Cn1cc(CNc2cc([N+](=O)[O-])ccn2)cn1. The standard InChI is InChI=1S/C10H11N5O2/c1-14-7-8(6-13-14)5-12-10-4-9(15(16)17)2-3-11-10/h2-4,6-7H,5H2,1H3,(H,11,12). The molecule has 17 heavy (non-hydrogen) atoms. The molecule has 0 aliphatic heterocycles. The van der Waals surface area contributed by atoms with Crippen molar-refractivity contribution >= 4 is 11.5 Å². The average Bonchev–Trinajstić information content (AvgIpc) is 2.73. The number of nitrogens with zero attached hydrogens (tertiary/aromatic N) is 4. The minimum atomic E-state index is -0.447. The Bertz CT molecular complexity index is 537. The largest absolute Gasteiger partial charge is 0.366 e. The molecular weight excluding hydrogens is 222 g/mol. The van der Waals surface area contributed by atoms with Crippen LogP contribution in [0.5, 0.6) is 0 Å². The monoisotopic (exact) mass is 233 g/mol. The van der Waals surface area contributed by atoms with E-state index in [1.54, 1.807) is 10.9 Å². The van der Waals surface area contributed by atoms with Crippen LogP contribution in [0.4, 0.5) is 11.5 Å². The van der Waals surface area contributed by atoms with Gasteiger partial charge in [-0.05, 0) is 0 Å². The maximum atomic E-state index is 10.6. The van der Waals surface area contributed by atoms with Crippen molar-refractivity contribution in [3.63, 3.8) is 0 Å². The molecule has 88 valence electrons. The number of aryl methyl sites for hydroxylation is 1. The van der Waals surface area contributed by atoms with Gasteiger partial charge in [0.05, 0.1) is 17.2 Å². The van der Waals surface area contributed by atoms with Gasteiger partial charge in [-0.2, -0.15) is 5.10 Å². The van der Waals surface area contributed by atoms with Gasteiger partial charge in [0.25, 0.3) is 5.69 Å². The molecule has 2 heterocycles. The zero-order valence-electron chi connectivity index (χ0n) is 9.20. The predicted octanol–water partition coefficient (Wildman–Crippen LogP) is 1.34. The van der Waals surface area contributed by atoms with E-state index in [1.165, 1.54) is 18.3 Å². The van der Waals surface area contributed by atoms with Crippen LogP contribution in [0.3, 0.4) is 0 Å². The molecule has 1 N–H and O–H groups in total. The van der Waals surface area contributed by atoms with Crippen molar-refractivity contribution in [2.24, 2.45) is 7.05 Å². The van der Waals surface area contributed by atoms with E-state index in [2.05, 4.69) is 15.4 Å². The second kappa shape index (κ2) is 4.60. The fourth-order valence-electron chi connectivity index (χ4n) is 1.39. The molecule has 0 fully saturated rings. The van der Waals surface area contributed by atoms with Crippen LogP contribution < -0.4 is 5.32 Å². The lowest BCUT2D eigenvalue weighted by Gasteiger charge is -2.02. The molecule has 0 bridgehead atoms. The van der Waals surface area contributed by atoms with Gasteiger partial charge in [0.1, 0.15) is 5.82 Å². The summed E-state index contributed by atoms with van der Waals surface area (Å²) in [5, 5.41) is 17.6. The van der Waals surface area contributed by atoms with E-state index < -0.39 is 4.92 Å². The summed E-state index contributed by atoms with van der Waals surface area (Å²) in [7, 11) is 1.83. The second-order valence-corrected chi connectivity index (χ2v) is 3.53. The maximum Gasteiger partial charge on any atom is 0.274 e. The highest BCUT2D eigenvalue weighted by Gasteiger charge is 2.06. The van der Waals surface area contributed by atoms with E-state index in [-0.39, 0.29) is 5.69 Å². The lowest BCUT2D eigenvalue weighted by atomic mass is 10.3. The van der Waals surface area contributed by atoms with Crippen LogP contribution in [0.2, 0.25) is 0 Å². The van der Waals surface area contributed by atoms with Gasteiger partial charge >= 0.3 is 0 Å². The summed E-state index contributed by atoms with van der Waals surface area (Å²) in [6.45, 7) is 0.530. The molecule has 0 saturated heterocycles. The van der Waals surface area contributed by atoms with E-state index in [0.29, 0.717) is 12.4 Å². The van der Waals surface area contributed by atoms with Crippen molar-refractivity contribution < 1.29 is 4.92 Å². The Labute approximate surface area is 97.2 Å². The number of aromatic nitrogens is 3. The molecule has 7 heteroatoms. The van der Waals surface area contributed by atoms with E-state index in [1.807, 2.05) is 13.2 Å². The van der Waals surface area contributed by atoms with Gasteiger partial charge < -0.3 is 5.32 Å². The van der Waals surface area contributed by atoms with Gasteiger partial charge in [-0.1, -0.05) is 0 Å². The molecule has 2 rings (SSSR count). The van der Waals surface area contributed by atoms with E-state index in [0.717, 1.165) is 5.56 Å². The lowest BCUT2D eigenvalue weighted by molar-refractivity contribution is -0.384. The van der Waals surface area contributed by atoms with E-state index in [4.69, 9.17) is 0 Å². The lowest BCUT2D eigenvalue weighted by Crippen LogP contribution is -2.01. The summed E-state index contributed by atoms with van der Waals surface area (Å²) >= 11 is 0. The third-order valence-electron chi connectivity index (χ3n) is 2.19. The summed E-state index contributed by atoms with van der Waals surface area (Å²) in [5.74, 6) is 0.475. The molecule has 0 spiro atoms. The van der Waals surface area contributed by atoms with Gasteiger partial charge in [0.2, 0.25) is 0 Å². The van der Waals surface area contributed by atoms with Gasteiger partial charge in [0, 0.05) is 37.6 Å². The van der Waals surface area contributed by atoms with Gasteiger partial charge in [-0.3, -0.25) is 14.8 Å².